The number of sulfonamides is 1. The summed E-state index contributed by atoms with van der Waals surface area (Å²) in [5, 5.41) is 2.95. The Morgan fingerprint density at radius 2 is 1.66 bits per heavy atom. The van der Waals surface area contributed by atoms with Gasteiger partial charge in [0.15, 0.2) is 11.5 Å². The zero-order chi connectivity index (χ0) is 27.9. The SMILES string of the molecule is C[C@@H](C(=O)NC(C)(C)C)N(CCc1ccccc1)C(=O)CCCN(c1ccc2c(c1)OCCO2)S(C)(=O)=O. The van der Waals surface area contributed by atoms with Gasteiger partial charge >= 0.3 is 0 Å². The maximum Gasteiger partial charge on any atom is 0.242 e. The first kappa shape index (κ1) is 29.3. The number of benzene rings is 2. The molecule has 0 bridgehead atoms. The number of rotatable bonds is 11. The molecule has 1 aliphatic rings. The van der Waals surface area contributed by atoms with Gasteiger partial charge in [-0.25, -0.2) is 8.42 Å². The molecule has 0 fully saturated rings. The number of carbonyl (C=O) groups is 2. The number of fused-ring (bicyclic) bond motifs is 1. The highest BCUT2D eigenvalue weighted by Gasteiger charge is 2.28. The van der Waals surface area contributed by atoms with Crippen LogP contribution in [0.4, 0.5) is 5.69 Å². The van der Waals surface area contributed by atoms with E-state index in [1.165, 1.54) is 4.31 Å². The summed E-state index contributed by atoms with van der Waals surface area (Å²) in [6.07, 6.45) is 2.12. The largest absolute Gasteiger partial charge is 0.486 e. The maximum atomic E-state index is 13.4. The molecule has 0 spiro atoms. The Morgan fingerprint density at radius 3 is 2.29 bits per heavy atom. The molecule has 1 heterocycles. The summed E-state index contributed by atoms with van der Waals surface area (Å²) >= 11 is 0. The average molecular weight is 546 g/mol. The maximum absolute atomic E-state index is 13.4. The van der Waals surface area contributed by atoms with Gasteiger partial charge in [0.2, 0.25) is 21.8 Å². The van der Waals surface area contributed by atoms with E-state index in [0.717, 1.165) is 11.8 Å². The summed E-state index contributed by atoms with van der Waals surface area (Å²) in [7, 11) is -3.61. The number of amides is 2. The second kappa shape index (κ2) is 12.5. The standard InChI is InChI=1S/C28H39N3O6S/c1-21(27(33)29-28(2,3)4)30(17-15-22-10-7-6-8-11-22)26(32)12-9-16-31(38(5,34)35)23-13-14-24-25(20-23)37-19-18-36-24/h6-8,10-11,13-14,20-21H,9,12,15-19H2,1-5H3,(H,29,33)/t21-/m0/s1. The van der Waals surface area contributed by atoms with Crippen LogP contribution in [0.1, 0.15) is 46.1 Å². The Bertz CT molecular complexity index is 1210. The highest BCUT2D eigenvalue weighted by molar-refractivity contribution is 7.92. The van der Waals surface area contributed by atoms with Crippen molar-refractivity contribution in [3.8, 4) is 11.5 Å². The van der Waals surface area contributed by atoms with E-state index in [9.17, 15) is 18.0 Å². The van der Waals surface area contributed by atoms with E-state index < -0.39 is 21.6 Å². The summed E-state index contributed by atoms with van der Waals surface area (Å²) in [5.41, 5.74) is 1.08. The molecule has 1 N–H and O–H groups in total. The third-order valence-electron chi connectivity index (χ3n) is 6.12. The van der Waals surface area contributed by atoms with Gasteiger partial charge in [-0.15, -0.1) is 0 Å². The number of anilines is 1. The fourth-order valence-corrected chi connectivity index (χ4v) is 5.19. The zero-order valence-electron chi connectivity index (χ0n) is 22.9. The molecule has 0 aromatic heterocycles. The highest BCUT2D eigenvalue weighted by atomic mass is 32.2. The quantitative estimate of drug-likeness (QED) is 0.464. The summed E-state index contributed by atoms with van der Waals surface area (Å²) in [4.78, 5) is 27.9. The predicted octanol–water partition coefficient (Wildman–Crippen LogP) is 3.38. The molecule has 2 amide bonds. The first-order valence-corrected chi connectivity index (χ1v) is 14.7. The lowest BCUT2D eigenvalue weighted by Crippen LogP contribution is -2.53. The van der Waals surface area contributed by atoms with Crippen molar-refractivity contribution >= 4 is 27.5 Å². The smallest absolute Gasteiger partial charge is 0.242 e. The van der Waals surface area contributed by atoms with Gasteiger partial charge in [0.1, 0.15) is 19.3 Å². The van der Waals surface area contributed by atoms with Crippen LogP contribution in [0, 0.1) is 0 Å². The van der Waals surface area contributed by atoms with Crippen LogP contribution < -0.4 is 19.1 Å². The van der Waals surface area contributed by atoms with Crippen molar-refractivity contribution in [2.45, 2.75) is 58.5 Å². The van der Waals surface area contributed by atoms with Crippen LogP contribution in [0.25, 0.3) is 0 Å². The van der Waals surface area contributed by atoms with Crippen LogP contribution in [0.3, 0.4) is 0 Å². The molecule has 2 aromatic rings. The minimum Gasteiger partial charge on any atom is -0.486 e. The van der Waals surface area contributed by atoms with Gasteiger partial charge in [-0.3, -0.25) is 13.9 Å². The van der Waals surface area contributed by atoms with Crippen molar-refractivity contribution in [1.29, 1.82) is 0 Å². The molecule has 1 atom stereocenters. The van der Waals surface area contributed by atoms with Crippen molar-refractivity contribution in [1.82, 2.24) is 10.2 Å². The lowest BCUT2D eigenvalue weighted by atomic mass is 10.1. The van der Waals surface area contributed by atoms with Gasteiger partial charge in [0.25, 0.3) is 0 Å². The molecular formula is C28H39N3O6S. The van der Waals surface area contributed by atoms with Crippen molar-refractivity contribution in [2.24, 2.45) is 0 Å². The number of hydrogen-bond donors (Lipinski definition) is 1. The van der Waals surface area contributed by atoms with Crippen LogP contribution in [-0.2, 0) is 26.0 Å². The third kappa shape index (κ3) is 8.37. The van der Waals surface area contributed by atoms with Gasteiger partial charge < -0.3 is 19.7 Å². The van der Waals surface area contributed by atoms with E-state index in [4.69, 9.17) is 9.47 Å². The second-order valence-corrected chi connectivity index (χ2v) is 12.4. The van der Waals surface area contributed by atoms with Crippen molar-refractivity contribution < 1.29 is 27.5 Å². The van der Waals surface area contributed by atoms with E-state index in [2.05, 4.69) is 5.32 Å². The van der Waals surface area contributed by atoms with Crippen LogP contribution >= 0.6 is 0 Å². The average Bonchev–Trinajstić information content (AvgIpc) is 2.85. The Labute approximate surface area is 226 Å². The first-order chi connectivity index (χ1) is 17.8. The fraction of sp³-hybridized carbons (Fsp3) is 0.500. The minimum absolute atomic E-state index is 0.0957. The monoisotopic (exact) mass is 545 g/mol. The first-order valence-electron chi connectivity index (χ1n) is 12.9. The van der Waals surface area contributed by atoms with Gasteiger partial charge in [-0.05, 0) is 58.2 Å². The van der Waals surface area contributed by atoms with E-state index in [1.54, 1.807) is 30.0 Å². The number of hydrogen-bond acceptors (Lipinski definition) is 6. The number of ether oxygens (including phenoxy) is 2. The summed E-state index contributed by atoms with van der Waals surface area (Å²) in [5.74, 6) is 0.630. The van der Waals surface area contributed by atoms with Crippen LogP contribution in [0.2, 0.25) is 0 Å². The Hall–Kier alpha value is -3.27. The van der Waals surface area contributed by atoms with Gasteiger partial charge in [0.05, 0.1) is 11.9 Å². The molecule has 9 nitrogen and oxygen atoms in total. The summed E-state index contributed by atoms with van der Waals surface area (Å²) < 4.78 is 37.6. The molecule has 38 heavy (non-hydrogen) atoms. The lowest BCUT2D eigenvalue weighted by molar-refractivity contribution is -0.140. The van der Waals surface area contributed by atoms with Crippen molar-refractivity contribution in [2.75, 3.05) is 36.9 Å². The number of carbonyl (C=O) groups excluding carboxylic acids is 2. The Morgan fingerprint density at radius 1 is 1.00 bits per heavy atom. The number of nitrogens with zero attached hydrogens (tertiary/aromatic N) is 2. The molecular weight excluding hydrogens is 506 g/mol. The lowest BCUT2D eigenvalue weighted by Gasteiger charge is -2.32. The molecule has 10 heteroatoms. The summed E-state index contributed by atoms with van der Waals surface area (Å²) in [6, 6.07) is 14.1. The van der Waals surface area contributed by atoms with Crippen molar-refractivity contribution in [3.63, 3.8) is 0 Å². The minimum atomic E-state index is -3.61. The van der Waals surface area contributed by atoms with E-state index in [0.29, 0.717) is 43.4 Å². The van der Waals surface area contributed by atoms with Gasteiger partial charge in [0, 0.05) is 31.1 Å². The van der Waals surface area contributed by atoms with Gasteiger partial charge in [-0.2, -0.15) is 0 Å². The molecule has 208 valence electrons. The highest BCUT2D eigenvalue weighted by Crippen LogP contribution is 2.34. The van der Waals surface area contributed by atoms with Crippen LogP contribution in [-0.4, -0.2) is 69.3 Å². The molecule has 2 aromatic carbocycles. The summed E-state index contributed by atoms with van der Waals surface area (Å²) in [6.45, 7) is 8.73. The predicted molar refractivity (Wildman–Crippen MR) is 148 cm³/mol. The second-order valence-electron chi connectivity index (χ2n) is 10.5. The van der Waals surface area contributed by atoms with E-state index in [-0.39, 0.29) is 31.2 Å². The molecule has 0 saturated carbocycles. The molecule has 1 aliphatic heterocycles. The van der Waals surface area contributed by atoms with E-state index in [1.807, 2.05) is 51.1 Å². The Kier molecular flexibility index (Phi) is 9.65. The zero-order valence-corrected chi connectivity index (χ0v) is 23.7. The van der Waals surface area contributed by atoms with Gasteiger partial charge in [-0.1, -0.05) is 30.3 Å². The normalized spacial score (nSPS) is 13.9. The molecule has 0 saturated heterocycles. The molecule has 0 unspecified atom stereocenters. The molecule has 0 radical (unpaired) electrons. The molecule has 3 rings (SSSR count). The third-order valence-corrected chi connectivity index (χ3v) is 7.31. The number of nitrogens with one attached hydrogen (secondary N) is 1. The molecule has 0 aliphatic carbocycles. The Balaban J connectivity index is 1.70. The fourth-order valence-electron chi connectivity index (χ4n) is 4.24. The van der Waals surface area contributed by atoms with E-state index >= 15 is 0 Å². The van der Waals surface area contributed by atoms with Crippen molar-refractivity contribution in [3.05, 3.63) is 54.1 Å². The topological polar surface area (TPSA) is 105 Å². The van der Waals surface area contributed by atoms with Crippen LogP contribution in [0.15, 0.2) is 48.5 Å². The van der Waals surface area contributed by atoms with Crippen LogP contribution in [0.5, 0.6) is 11.5 Å².